The summed E-state index contributed by atoms with van der Waals surface area (Å²) < 4.78 is 0. The Morgan fingerprint density at radius 1 is 1.50 bits per heavy atom. The van der Waals surface area contributed by atoms with Crippen LogP contribution in [0.25, 0.3) is 0 Å². The Morgan fingerprint density at radius 3 is 2.86 bits per heavy atom. The first-order valence-electron chi connectivity index (χ1n) is 3.99. The number of benzene rings is 1. The number of aromatic hydroxyl groups is 2. The second kappa shape index (κ2) is 4.88. The molecule has 76 valence electrons. The summed E-state index contributed by atoms with van der Waals surface area (Å²) in [6.07, 6.45) is 0.646. The quantitative estimate of drug-likeness (QED) is 0.390. The van der Waals surface area contributed by atoms with E-state index in [1.165, 1.54) is 30.0 Å². The molecule has 1 aromatic carbocycles. The molecule has 0 fully saturated rings. The van der Waals surface area contributed by atoms with Gasteiger partial charge in [-0.15, -0.1) is 11.8 Å². The van der Waals surface area contributed by atoms with E-state index < -0.39 is 6.04 Å². The van der Waals surface area contributed by atoms with Gasteiger partial charge >= 0.3 is 0 Å². The molecule has 4 N–H and O–H groups in total. The maximum atomic E-state index is 10.2. The zero-order valence-corrected chi connectivity index (χ0v) is 8.20. The lowest BCUT2D eigenvalue weighted by Crippen LogP contribution is -2.23. The molecule has 0 bridgehead atoms. The highest BCUT2D eigenvalue weighted by Gasteiger charge is 2.06. The Labute approximate surface area is 85.7 Å². The highest BCUT2D eigenvalue weighted by molar-refractivity contribution is 7.99. The molecule has 5 heteroatoms. The van der Waals surface area contributed by atoms with Crippen molar-refractivity contribution in [2.24, 2.45) is 5.73 Å². The Morgan fingerprint density at radius 2 is 2.21 bits per heavy atom. The molecule has 0 amide bonds. The standard InChI is InChI=1S/C9H11NO3S/c10-6(4-11)5-14-9-3-7(12)1-2-8(9)13/h1-4,6,12-13H,5,10H2/t6-/m1/s1. The van der Waals surface area contributed by atoms with Crippen LogP contribution in [0, 0.1) is 0 Å². The van der Waals surface area contributed by atoms with Crippen LogP contribution in [0.5, 0.6) is 11.5 Å². The monoisotopic (exact) mass is 213 g/mol. The summed E-state index contributed by atoms with van der Waals surface area (Å²) in [4.78, 5) is 10.7. The summed E-state index contributed by atoms with van der Waals surface area (Å²) in [7, 11) is 0. The topological polar surface area (TPSA) is 83.6 Å². The van der Waals surface area contributed by atoms with E-state index >= 15 is 0 Å². The van der Waals surface area contributed by atoms with Crippen LogP contribution in [-0.4, -0.2) is 28.3 Å². The Balaban J connectivity index is 2.66. The zero-order chi connectivity index (χ0) is 10.6. The molecule has 0 unspecified atom stereocenters. The molecule has 4 nitrogen and oxygen atoms in total. The van der Waals surface area contributed by atoms with Crippen LogP contribution in [0.15, 0.2) is 23.1 Å². The van der Waals surface area contributed by atoms with E-state index in [2.05, 4.69) is 0 Å². The molecular formula is C9H11NO3S. The van der Waals surface area contributed by atoms with Crippen molar-refractivity contribution in [1.29, 1.82) is 0 Å². The van der Waals surface area contributed by atoms with Gasteiger partial charge in [-0.25, -0.2) is 0 Å². The minimum absolute atomic E-state index is 0.0741. The highest BCUT2D eigenvalue weighted by atomic mass is 32.2. The second-order valence-electron chi connectivity index (χ2n) is 2.76. The molecule has 0 saturated heterocycles. The van der Waals surface area contributed by atoms with Crippen molar-refractivity contribution in [3.05, 3.63) is 18.2 Å². The molecule has 0 aliphatic rings. The zero-order valence-electron chi connectivity index (χ0n) is 7.38. The van der Waals surface area contributed by atoms with Crippen LogP contribution in [-0.2, 0) is 4.79 Å². The predicted molar refractivity (Wildman–Crippen MR) is 54.5 cm³/mol. The van der Waals surface area contributed by atoms with E-state index in [9.17, 15) is 9.90 Å². The number of carbonyl (C=O) groups is 1. The molecule has 1 rings (SSSR count). The van der Waals surface area contributed by atoms with E-state index in [0.717, 1.165) is 0 Å². The van der Waals surface area contributed by atoms with Crippen LogP contribution in [0.2, 0.25) is 0 Å². The number of aldehydes is 1. The maximum absolute atomic E-state index is 10.2. The van der Waals surface area contributed by atoms with E-state index in [1.54, 1.807) is 0 Å². The van der Waals surface area contributed by atoms with Crippen molar-refractivity contribution < 1.29 is 15.0 Å². The average molecular weight is 213 g/mol. The van der Waals surface area contributed by atoms with Gasteiger partial charge in [0.25, 0.3) is 0 Å². The van der Waals surface area contributed by atoms with Crippen LogP contribution in [0.3, 0.4) is 0 Å². The smallest absolute Gasteiger partial charge is 0.137 e. The van der Waals surface area contributed by atoms with Gasteiger partial charge in [0.15, 0.2) is 0 Å². The molecule has 14 heavy (non-hydrogen) atoms. The number of hydrogen-bond acceptors (Lipinski definition) is 5. The van der Waals surface area contributed by atoms with Crippen molar-refractivity contribution in [2.45, 2.75) is 10.9 Å². The molecule has 1 aromatic rings. The lowest BCUT2D eigenvalue weighted by molar-refractivity contribution is -0.108. The molecule has 1 atom stereocenters. The fraction of sp³-hybridized carbons (Fsp3) is 0.222. The average Bonchev–Trinajstić information content (AvgIpc) is 2.19. The third-order valence-electron chi connectivity index (χ3n) is 1.55. The Bertz CT molecular complexity index is 330. The van der Waals surface area contributed by atoms with Crippen molar-refractivity contribution in [2.75, 3.05) is 5.75 Å². The van der Waals surface area contributed by atoms with Crippen molar-refractivity contribution in [3.8, 4) is 11.5 Å². The summed E-state index contributed by atoms with van der Waals surface area (Å²) in [6, 6.07) is 3.66. The number of thioether (sulfide) groups is 1. The van der Waals surface area contributed by atoms with E-state index in [-0.39, 0.29) is 11.5 Å². The summed E-state index contributed by atoms with van der Waals surface area (Å²) in [6.45, 7) is 0. The highest BCUT2D eigenvalue weighted by Crippen LogP contribution is 2.31. The van der Waals surface area contributed by atoms with Crippen molar-refractivity contribution in [1.82, 2.24) is 0 Å². The van der Waals surface area contributed by atoms with Gasteiger partial charge in [-0.1, -0.05) is 0 Å². The number of hydrogen-bond donors (Lipinski definition) is 3. The Kier molecular flexibility index (Phi) is 3.79. The molecule has 0 heterocycles. The van der Waals surface area contributed by atoms with Gasteiger partial charge in [0.2, 0.25) is 0 Å². The Hall–Kier alpha value is -1.20. The molecular weight excluding hydrogens is 202 g/mol. The first kappa shape index (κ1) is 10.9. The third kappa shape index (κ3) is 2.93. The first-order chi connectivity index (χ1) is 6.63. The summed E-state index contributed by atoms with van der Waals surface area (Å²) in [5.74, 6) is 0.524. The predicted octanol–water partition coefficient (Wildman–Crippen LogP) is 0.716. The summed E-state index contributed by atoms with van der Waals surface area (Å²) in [5.41, 5.74) is 5.38. The SMILES string of the molecule is N[C@H](C=O)CSc1cc(O)ccc1O. The second-order valence-corrected chi connectivity index (χ2v) is 3.82. The van der Waals surface area contributed by atoms with Crippen molar-refractivity contribution in [3.63, 3.8) is 0 Å². The maximum Gasteiger partial charge on any atom is 0.137 e. The van der Waals surface area contributed by atoms with Gasteiger partial charge in [-0.05, 0) is 18.2 Å². The van der Waals surface area contributed by atoms with Gasteiger partial charge < -0.3 is 20.7 Å². The number of phenolic OH excluding ortho intramolecular Hbond substituents is 2. The summed E-state index contributed by atoms with van der Waals surface area (Å²) >= 11 is 1.23. The molecule has 0 spiro atoms. The minimum Gasteiger partial charge on any atom is -0.508 e. The third-order valence-corrected chi connectivity index (χ3v) is 2.74. The molecule has 0 aliphatic carbocycles. The fourth-order valence-electron chi connectivity index (χ4n) is 0.844. The van der Waals surface area contributed by atoms with Crippen LogP contribution in [0.1, 0.15) is 0 Å². The molecule has 0 aromatic heterocycles. The van der Waals surface area contributed by atoms with E-state index in [0.29, 0.717) is 16.9 Å². The minimum atomic E-state index is -0.554. The van der Waals surface area contributed by atoms with Gasteiger partial charge in [0.05, 0.1) is 10.9 Å². The van der Waals surface area contributed by atoms with Gasteiger partial charge in [-0.3, -0.25) is 0 Å². The molecule has 0 radical (unpaired) electrons. The number of phenols is 2. The van der Waals surface area contributed by atoms with Crippen LogP contribution in [0.4, 0.5) is 0 Å². The fourth-order valence-corrected chi connectivity index (χ4v) is 1.71. The van der Waals surface area contributed by atoms with Gasteiger partial charge in [0, 0.05) is 5.75 Å². The van der Waals surface area contributed by atoms with E-state index in [4.69, 9.17) is 10.8 Å². The van der Waals surface area contributed by atoms with Crippen molar-refractivity contribution >= 4 is 18.0 Å². The van der Waals surface area contributed by atoms with Gasteiger partial charge in [-0.2, -0.15) is 0 Å². The number of nitrogens with two attached hydrogens (primary N) is 1. The number of rotatable bonds is 4. The van der Waals surface area contributed by atoms with Crippen LogP contribution < -0.4 is 5.73 Å². The molecule has 0 aliphatic heterocycles. The summed E-state index contributed by atoms with van der Waals surface area (Å²) in [5, 5.41) is 18.5. The van der Waals surface area contributed by atoms with Crippen LogP contribution >= 0.6 is 11.8 Å². The largest absolute Gasteiger partial charge is 0.508 e. The number of carbonyl (C=O) groups excluding carboxylic acids is 1. The first-order valence-corrected chi connectivity index (χ1v) is 4.97. The van der Waals surface area contributed by atoms with Gasteiger partial charge in [0.1, 0.15) is 17.8 Å². The van der Waals surface area contributed by atoms with E-state index in [1.807, 2.05) is 0 Å². The molecule has 0 saturated carbocycles. The lowest BCUT2D eigenvalue weighted by atomic mass is 10.3. The lowest BCUT2D eigenvalue weighted by Gasteiger charge is -2.06. The normalized spacial score (nSPS) is 12.4.